The quantitative estimate of drug-likeness (QED) is 0.617. The normalized spacial score (nSPS) is 16.2. The van der Waals surface area contributed by atoms with Crippen molar-refractivity contribution in [2.45, 2.75) is 39.7 Å². The van der Waals surface area contributed by atoms with Crippen LogP contribution in [0.4, 0.5) is 0 Å². The zero-order valence-corrected chi connectivity index (χ0v) is 18.7. The molecule has 3 aromatic rings. The van der Waals surface area contributed by atoms with Gasteiger partial charge in [0.15, 0.2) is 0 Å². The number of carbonyl (C=O) groups is 2. The Morgan fingerprint density at radius 3 is 2.75 bits per heavy atom. The van der Waals surface area contributed by atoms with Crippen LogP contribution in [0.15, 0.2) is 48.8 Å². The number of fused-ring (bicyclic) bond motifs is 1. The van der Waals surface area contributed by atoms with Crippen LogP contribution < -0.4 is 10.1 Å². The molecule has 1 aliphatic heterocycles. The first kappa shape index (κ1) is 21.9. The lowest BCUT2D eigenvalue weighted by Gasteiger charge is -2.31. The van der Waals surface area contributed by atoms with Crippen molar-refractivity contribution in [1.82, 2.24) is 19.6 Å². The number of hydrogen-bond donors (Lipinski definition) is 1. The zero-order chi connectivity index (χ0) is 22.5. The van der Waals surface area contributed by atoms with Crippen LogP contribution in [0.3, 0.4) is 0 Å². The van der Waals surface area contributed by atoms with E-state index in [1.807, 2.05) is 40.8 Å². The smallest absolute Gasteiger partial charge is 0.251 e. The fourth-order valence-electron chi connectivity index (χ4n) is 4.04. The van der Waals surface area contributed by atoms with Crippen LogP contribution in [0.5, 0.6) is 5.75 Å². The monoisotopic (exact) mass is 434 g/mol. The van der Waals surface area contributed by atoms with Gasteiger partial charge in [0, 0.05) is 44.0 Å². The van der Waals surface area contributed by atoms with Gasteiger partial charge in [-0.15, -0.1) is 0 Å². The van der Waals surface area contributed by atoms with Crippen molar-refractivity contribution >= 4 is 17.5 Å². The third-order valence-electron chi connectivity index (χ3n) is 5.79. The van der Waals surface area contributed by atoms with Crippen LogP contribution in [0.2, 0.25) is 0 Å². The molecule has 0 bridgehead atoms. The molecule has 0 saturated carbocycles. The van der Waals surface area contributed by atoms with Crippen LogP contribution in [0.25, 0.3) is 5.65 Å². The number of rotatable bonds is 7. The van der Waals surface area contributed by atoms with E-state index in [4.69, 9.17) is 4.74 Å². The number of imidazole rings is 1. The maximum atomic E-state index is 12.4. The van der Waals surface area contributed by atoms with E-state index in [1.165, 1.54) is 12.0 Å². The Balaban J connectivity index is 1.23. The van der Waals surface area contributed by atoms with Gasteiger partial charge in [-0.05, 0) is 61.6 Å². The van der Waals surface area contributed by atoms with Gasteiger partial charge in [-0.25, -0.2) is 4.98 Å². The van der Waals surface area contributed by atoms with Crippen LogP contribution in [0, 0.1) is 12.8 Å². The Morgan fingerprint density at radius 1 is 1.16 bits per heavy atom. The molecule has 7 heteroatoms. The molecule has 168 valence electrons. The first-order chi connectivity index (χ1) is 15.5. The summed E-state index contributed by atoms with van der Waals surface area (Å²) in [5.41, 5.74) is 3.43. The number of benzene rings is 1. The lowest BCUT2D eigenvalue weighted by molar-refractivity contribution is -0.132. The van der Waals surface area contributed by atoms with E-state index < -0.39 is 0 Å². The Labute approximate surface area is 188 Å². The number of aromatic nitrogens is 2. The molecule has 0 aliphatic carbocycles. The third kappa shape index (κ3) is 5.46. The largest absolute Gasteiger partial charge is 0.487 e. The van der Waals surface area contributed by atoms with Crippen molar-refractivity contribution in [2.24, 2.45) is 5.92 Å². The molecule has 1 unspecified atom stereocenters. The molecule has 1 aliphatic rings. The average Bonchev–Trinajstić information content (AvgIpc) is 3.20. The van der Waals surface area contributed by atoms with E-state index in [1.54, 1.807) is 24.3 Å². The minimum Gasteiger partial charge on any atom is -0.487 e. The fourth-order valence-corrected chi connectivity index (χ4v) is 4.04. The molecule has 1 fully saturated rings. The van der Waals surface area contributed by atoms with Gasteiger partial charge in [0.05, 0.1) is 5.69 Å². The molecule has 1 saturated heterocycles. The number of amides is 2. The van der Waals surface area contributed by atoms with Gasteiger partial charge in [0.25, 0.3) is 5.91 Å². The molecular weight excluding hydrogens is 404 g/mol. The number of nitrogens with one attached hydrogen (secondary N) is 1. The van der Waals surface area contributed by atoms with Crippen molar-refractivity contribution in [3.63, 3.8) is 0 Å². The lowest BCUT2D eigenvalue weighted by atomic mass is 10.00. The Morgan fingerprint density at radius 2 is 1.97 bits per heavy atom. The summed E-state index contributed by atoms with van der Waals surface area (Å²) in [6.45, 7) is 6.56. The summed E-state index contributed by atoms with van der Waals surface area (Å²) >= 11 is 0. The predicted molar refractivity (Wildman–Crippen MR) is 123 cm³/mol. The molecule has 3 heterocycles. The van der Waals surface area contributed by atoms with Gasteiger partial charge in [-0.1, -0.05) is 13.0 Å². The minimum absolute atomic E-state index is 0.114. The van der Waals surface area contributed by atoms with Crippen molar-refractivity contribution in [3.8, 4) is 5.75 Å². The number of likely N-dealkylation sites (tertiary alicyclic amines) is 1. The van der Waals surface area contributed by atoms with Crippen molar-refractivity contribution in [3.05, 3.63) is 65.6 Å². The summed E-state index contributed by atoms with van der Waals surface area (Å²) in [5, 5.41) is 2.84. The first-order valence-electron chi connectivity index (χ1n) is 11.2. The highest BCUT2D eigenvalue weighted by molar-refractivity contribution is 5.94. The minimum atomic E-state index is -0.188. The number of hydrogen-bond acceptors (Lipinski definition) is 4. The molecule has 32 heavy (non-hydrogen) atoms. The molecule has 2 amide bonds. The third-order valence-corrected chi connectivity index (χ3v) is 5.79. The van der Waals surface area contributed by atoms with Crippen molar-refractivity contribution in [1.29, 1.82) is 0 Å². The van der Waals surface area contributed by atoms with Gasteiger partial charge < -0.3 is 19.4 Å². The molecule has 0 spiro atoms. The van der Waals surface area contributed by atoms with Crippen molar-refractivity contribution < 1.29 is 14.3 Å². The van der Waals surface area contributed by atoms with Gasteiger partial charge in [-0.2, -0.15) is 0 Å². The number of nitrogens with zero attached hydrogens (tertiary/aromatic N) is 3. The van der Waals surface area contributed by atoms with E-state index in [0.29, 0.717) is 36.8 Å². The second-order valence-electron chi connectivity index (χ2n) is 8.61. The van der Waals surface area contributed by atoms with E-state index in [2.05, 4.69) is 17.2 Å². The maximum Gasteiger partial charge on any atom is 0.251 e. The SMILES string of the molecule is Cc1ccc2nc(COc3ccc(C(=O)NCCC(=O)N4CCCC(C)C4)cc3)cn2c1. The fraction of sp³-hybridized carbons (Fsp3) is 0.400. The van der Waals surface area contributed by atoms with E-state index in [-0.39, 0.29) is 11.8 Å². The van der Waals surface area contributed by atoms with E-state index >= 15 is 0 Å². The second kappa shape index (κ2) is 9.85. The number of pyridine rings is 1. The standard InChI is InChI=1S/C25H30N4O3/c1-18-4-3-13-28(14-18)24(30)11-12-26-25(31)20-6-8-22(9-7-20)32-17-21-16-29-15-19(2)5-10-23(29)27-21/h5-10,15-16,18H,3-4,11-14,17H2,1-2H3,(H,26,31). The highest BCUT2D eigenvalue weighted by Gasteiger charge is 2.20. The molecule has 1 aromatic carbocycles. The summed E-state index contributed by atoms with van der Waals surface area (Å²) in [5.74, 6) is 1.15. The lowest BCUT2D eigenvalue weighted by Crippen LogP contribution is -2.40. The van der Waals surface area contributed by atoms with Crippen LogP contribution in [-0.2, 0) is 11.4 Å². The second-order valence-corrected chi connectivity index (χ2v) is 8.61. The Hall–Kier alpha value is -3.35. The topological polar surface area (TPSA) is 75.9 Å². The van der Waals surface area contributed by atoms with Gasteiger partial charge in [0.2, 0.25) is 5.91 Å². The van der Waals surface area contributed by atoms with E-state index in [9.17, 15) is 9.59 Å². The number of ether oxygens (including phenoxy) is 1. The summed E-state index contributed by atoms with van der Waals surface area (Å²) in [6, 6.07) is 11.0. The molecular formula is C25H30N4O3. The van der Waals surface area contributed by atoms with Crippen LogP contribution in [-0.4, -0.2) is 45.7 Å². The summed E-state index contributed by atoms with van der Waals surface area (Å²) < 4.78 is 7.80. The average molecular weight is 435 g/mol. The molecule has 1 N–H and O–H groups in total. The highest BCUT2D eigenvalue weighted by atomic mass is 16.5. The Kier molecular flexibility index (Phi) is 6.73. The maximum absolute atomic E-state index is 12.4. The van der Waals surface area contributed by atoms with Gasteiger partial charge >= 0.3 is 0 Å². The Bertz CT molecular complexity index is 1090. The predicted octanol–water partition coefficient (Wildman–Crippen LogP) is 3.60. The first-order valence-corrected chi connectivity index (χ1v) is 11.2. The molecule has 2 aromatic heterocycles. The number of piperidine rings is 1. The molecule has 0 radical (unpaired) electrons. The van der Waals surface area contributed by atoms with E-state index in [0.717, 1.165) is 30.9 Å². The van der Waals surface area contributed by atoms with Crippen LogP contribution >= 0.6 is 0 Å². The molecule has 1 atom stereocenters. The van der Waals surface area contributed by atoms with Crippen molar-refractivity contribution in [2.75, 3.05) is 19.6 Å². The summed E-state index contributed by atoms with van der Waals surface area (Å²) in [6.07, 6.45) is 6.55. The molecule has 4 rings (SSSR count). The number of aryl methyl sites for hydroxylation is 1. The summed E-state index contributed by atoms with van der Waals surface area (Å²) in [4.78, 5) is 31.2. The summed E-state index contributed by atoms with van der Waals surface area (Å²) in [7, 11) is 0. The number of carbonyl (C=O) groups excluding carboxylic acids is 2. The van der Waals surface area contributed by atoms with Gasteiger partial charge in [0.1, 0.15) is 18.0 Å². The molecule has 7 nitrogen and oxygen atoms in total. The zero-order valence-electron chi connectivity index (χ0n) is 18.7. The van der Waals surface area contributed by atoms with Crippen LogP contribution in [0.1, 0.15) is 47.8 Å². The van der Waals surface area contributed by atoms with Gasteiger partial charge in [-0.3, -0.25) is 9.59 Å². The highest BCUT2D eigenvalue weighted by Crippen LogP contribution is 2.17.